The molecule has 0 aliphatic heterocycles. The zero-order valence-corrected chi connectivity index (χ0v) is 12.4. The fourth-order valence-corrected chi connectivity index (χ4v) is 1.96. The lowest BCUT2D eigenvalue weighted by Gasteiger charge is -2.09. The first-order chi connectivity index (χ1) is 10.0. The fourth-order valence-electron chi connectivity index (χ4n) is 1.96. The van der Waals surface area contributed by atoms with Crippen LogP contribution in [0.15, 0.2) is 33.5 Å². The number of hydrogen-bond acceptors (Lipinski definition) is 4. The molecule has 2 N–H and O–H groups in total. The van der Waals surface area contributed by atoms with Crippen LogP contribution in [0.5, 0.6) is 5.75 Å². The lowest BCUT2D eigenvalue weighted by atomic mass is 10.1. The van der Waals surface area contributed by atoms with Gasteiger partial charge in [-0.25, -0.2) is 4.79 Å². The summed E-state index contributed by atoms with van der Waals surface area (Å²) in [5, 5.41) is 3.36. The molecule has 2 aromatic rings. The van der Waals surface area contributed by atoms with Crippen LogP contribution in [0.4, 0.5) is 0 Å². The molecule has 6 heteroatoms. The Bertz CT molecular complexity index is 706. The number of carbonyl (C=O) groups is 1. The van der Waals surface area contributed by atoms with Gasteiger partial charge in [0.05, 0.1) is 34.3 Å². The summed E-state index contributed by atoms with van der Waals surface area (Å²) in [7, 11) is 5.48. The monoisotopic (exact) mass is 291 g/mol. The standard InChI is InChI=1S/C15H18N2O4/c1-17(2)8-7-16-14(18)11-9-10-5-4-6-12(20-3)13(10)21-15(11)19/h4-6,9H,7-8H2,1-3H3,(H,16,18)/p+1. The second kappa shape index (κ2) is 6.41. The molecule has 1 aromatic heterocycles. The van der Waals surface area contributed by atoms with E-state index in [0.29, 0.717) is 23.3 Å². The summed E-state index contributed by atoms with van der Waals surface area (Å²) >= 11 is 0. The highest BCUT2D eigenvalue weighted by atomic mass is 16.5. The fraction of sp³-hybridized carbons (Fsp3) is 0.333. The van der Waals surface area contributed by atoms with Crippen LogP contribution >= 0.6 is 0 Å². The predicted molar refractivity (Wildman–Crippen MR) is 79.0 cm³/mol. The zero-order chi connectivity index (χ0) is 15.4. The van der Waals surface area contributed by atoms with Crippen molar-refractivity contribution in [2.24, 2.45) is 0 Å². The van der Waals surface area contributed by atoms with Gasteiger partial charge in [0.1, 0.15) is 5.56 Å². The molecule has 0 aliphatic rings. The number of hydrogen-bond donors (Lipinski definition) is 2. The number of ether oxygens (including phenoxy) is 1. The van der Waals surface area contributed by atoms with Crippen LogP contribution in [0.2, 0.25) is 0 Å². The molecule has 0 aliphatic carbocycles. The minimum absolute atomic E-state index is 0.00418. The van der Waals surface area contributed by atoms with Crippen molar-refractivity contribution >= 4 is 16.9 Å². The number of rotatable bonds is 5. The van der Waals surface area contributed by atoms with Crippen LogP contribution in [0, 0.1) is 0 Å². The average Bonchev–Trinajstić information content (AvgIpc) is 2.45. The SMILES string of the molecule is COc1cccc2cc(C(=O)NCC[NH+](C)C)c(=O)oc12. The van der Waals surface area contributed by atoms with Gasteiger partial charge in [-0.2, -0.15) is 0 Å². The molecular formula is C15H19N2O4+. The number of benzene rings is 1. The molecule has 0 saturated heterocycles. The highest BCUT2D eigenvalue weighted by molar-refractivity contribution is 5.97. The average molecular weight is 291 g/mol. The van der Waals surface area contributed by atoms with E-state index in [9.17, 15) is 9.59 Å². The van der Waals surface area contributed by atoms with Gasteiger partial charge in [0.2, 0.25) is 0 Å². The first kappa shape index (κ1) is 15.1. The van der Waals surface area contributed by atoms with Crippen molar-refractivity contribution in [3.05, 3.63) is 40.2 Å². The molecule has 0 bridgehead atoms. The Morgan fingerprint density at radius 1 is 1.38 bits per heavy atom. The van der Waals surface area contributed by atoms with Crippen LogP contribution in [-0.4, -0.2) is 40.2 Å². The van der Waals surface area contributed by atoms with Gasteiger partial charge in [0.25, 0.3) is 5.91 Å². The van der Waals surface area contributed by atoms with E-state index >= 15 is 0 Å². The number of carbonyl (C=O) groups excluding carboxylic acids is 1. The summed E-state index contributed by atoms with van der Waals surface area (Å²) in [6.07, 6.45) is 0. The van der Waals surface area contributed by atoms with E-state index in [-0.39, 0.29) is 5.56 Å². The number of nitrogens with one attached hydrogen (secondary N) is 2. The number of para-hydroxylation sites is 1. The molecular weight excluding hydrogens is 272 g/mol. The van der Waals surface area contributed by atoms with E-state index in [1.165, 1.54) is 18.1 Å². The summed E-state index contributed by atoms with van der Waals surface area (Å²) in [6, 6.07) is 6.77. The van der Waals surface area contributed by atoms with Gasteiger partial charge in [0.15, 0.2) is 11.3 Å². The van der Waals surface area contributed by atoms with Crippen molar-refractivity contribution in [1.82, 2.24) is 5.32 Å². The summed E-state index contributed by atoms with van der Waals surface area (Å²) < 4.78 is 10.4. The highest BCUT2D eigenvalue weighted by Crippen LogP contribution is 2.24. The Morgan fingerprint density at radius 2 is 2.14 bits per heavy atom. The predicted octanol–water partition coefficient (Wildman–Crippen LogP) is -0.324. The third-order valence-corrected chi connectivity index (χ3v) is 3.10. The second-order valence-electron chi connectivity index (χ2n) is 5.04. The summed E-state index contributed by atoms with van der Waals surface area (Å²) in [5.74, 6) is 0.0440. The summed E-state index contributed by atoms with van der Waals surface area (Å²) in [6.45, 7) is 1.27. The molecule has 112 valence electrons. The maximum atomic E-state index is 12.0. The van der Waals surface area contributed by atoms with E-state index in [2.05, 4.69) is 5.32 Å². The third kappa shape index (κ3) is 3.41. The maximum absolute atomic E-state index is 12.0. The van der Waals surface area contributed by atoms with Crippen LogP contribution in [0.25, 0.3) is 11.0 Å². The molecule has 1 aromatic carbocycles. The normalized spacial score (nSPS) is 10.9. The van der Waals surface area contributed by atoms with Gasteiger partial charge in [-0.1, -0.05) is 12.1 Å². The number of fused-ring (bicyclic) bond motifs is 1. The molecule has 0 fully saturated rings. The van der Waals surface area contributed by atoms with Gasteiger partial charge in [-0.3, -0.25) is 4.79 Å². The van der Waals surface area contributed by atoms with Crippen LogP contribution in [-0.2, 0) is 0 Å². The Kier molecular flexibility index (Phi) is 4.59. The molecule has 1 heterocycles. The van der Waals surface area contributed by atoms with E-state index in [1.54, 1.807) is 18.2 Å². The number of likely N-dealkylation sites (N-methyl/N-ethyl adjacent to an activating group) is 1. The van der Waals surface area contributed by atoms with Gasteiger partial charge in [-0.05, 0) is 12.1 Å². The third-order valence-electron chi connectivity index (χ3n) is 3.10. The lowest BCUT2D eigenvalue weighted by molar-refractivity contribution is -0.856. The molecule has 0 radical (unpaired) electrons. The number of amides is 1. The topological polar surface area (TPSA) is 73.0 Å². The van der Waals surface area contributed by atoms with E-state index in [4.69, 9.17) is 9.15 Å². The van der Waals surface area contributed by atoms with Crippen molar-refractivity contribution in [2.45, 2.75) is 0 Å². The van der Waals surface area contributed by atoms with Crippen molar-refractivity contribution in [3.63, 3.8) is 0 Å². The smallest absolute Gasteiger partial charge is 0.349 e. The van der Waals surface area contributed by atoms with Crippen molar-refractivity contribution < 1.29 is 18.8 Å². The van der Waals surface area contributed by atoms with E-state index < -0.39 is 11.5 Å². The zero-order valence-electron chi connectivity index (χ0n) is 12.4. The highest BCUT2D eigenvalue weighted by Gasteiger charge is 2.15. The first-order valence-corrected chi connectivity index (χ1v) is 6.71. The van der Waals surface area contributed by atoms with E-state index in [0.717, 1.165) is 6.54 Å². The first-order valence-electron chi connectivity index (χ1n) is 6.71. The lowest BCUT2D eigenvalue weighted by Crippen LogP contribution is -3.06. The molecule has 0 unspecified atom stereocenters. The summed E-state index contributed by atoms with van der Waals surface area (Å²) in [4.78, 5) is 25.2. The van der Waals surface area contributed by atoms with E-state index in [1.807, 2.05) is 14.1 Å². The maximum Gasteiger partial charge on any atom is 0.349 e. The van der Waals surface area contributed by atoms with Gasteiger partial charge < -0.3 is 19.4 Å². The van der Waals surface area contributed by atoms with Crippen molar-refractivity contribution in [3.8, 4) is 5.75 Å². The molecule has 6 nitrogen and oxygen atoms in total. The minimum Gasteiger partial charge on any atom is -0.493 e. The Morgan fingerprint density at radius 3 is 2.81 bits per heavy atom. The summed E-state index contributed by atoms with van der Waals surface area (Å²) in [5.41, 5.74) is -0.314. The second-order valence-corrected chi connectivity index (χ2v) is 5.04. The molecule has 21 heavy (non-hydrogen) atoms. The van der Waals surface area contributed by atoms with Crippen molar-refractivity contribution in [1.29, 1.82) is 0 Å². The van der Waals surface area contributed by atoms with Crippen molar-refractivity contribution in [2.75, 3.05) is 34.3 Å². The van der Waals surface area contributed by atoms with Crippen LogP contribution in [0.1, 0.15) is 10.4 Å². The Labute approximate surface area is 122 Å². The molecule has 0 saturated carbocycles. The molecule has 0 atom stereocenters. The largest absolute Gasteiger partial charge is 0.493 e. The Balaban J connectivity index is 2.31. The molecule has 1 amide bonds. The van der Waals surface area contributed by atoms with Crippen LogP contribution in [0.3, 0.4) is 0 Å². The molecule has 0 spiro atoms. The van der Waals surface area contributed by atoms with Gasteiger partial charge in [0, 0.05) is 5.39 Å². The quantitative estimate of drug-likeness (QED) is 0.740. The number of methoxy groups -OCH3 is 1. The van der Waals surface area contributed by atoms with Gasteiger partial charge in [-0.15, -0.1) is 0 Å². The van der Waals surface area contributed by atoms with Gasteiger partial charge >= 0.3 is 5.63 Å². The molecule has 2 rings (SSSR count). The van der Waals surface area contributed by atoms with Crippen LogP contribution < -0.4 is 20.6 Å². The minimum atomic E-state index is -0.665. The number of quaternary nitrogens is 1. The Hall–Kier alpha value is -2.34.